The molecule has 4 nitrogen and oxygen atoms in total. The lowest BCUT2D eigenvalue weighted by Crippen LogP contribution is -1.85. The first kappa shape index (κ1) is 31.5. The van der Waals surface area contributed by atoms with E-state index in [0.717, 1.165) is 74.1 Å². The van der Waals surface area contributed by atoms with E-state index in [1.165, 1.54) is 66.6 Å². The zero-order valence-corrected chi connectivity index (χ0v) is 28.2. The van der Waals surface area contributed by atoms with Crippen molar-refractivity contribution in [3.8, 4) is 0 Å². The number of aromatic amines is 2. The molecule has 2 N–H and O–H groups in total. The molecular weight excluding hydrogens is 536 g/mol. The van der Waals surface area contributed by atoms with Gasteiger partial charge in [-0.25, -0.2) is 9.97 Å². The lowest BCUT2D eigenvalue weighted by Gasteiger charge is -2.02. The van der Waals surface area contributed by atoms with Crippen molar-refractivity contribution in [3.05, 3.63) is 93.6 Å². The van der Waals surface area contributed by atoms with Crippen LogP contribution in [-0.2, 0) is 25.7 Å². The largest absolute Gasteiger partial charge is 0.355 e. The summed E-state index contributed by atoms with van der Waals surface area (Å²) in [6, 6.07) is 17.9. The van der Waals surface area contributed by atoms with Gasteiger partial charge in [0, 0.05) is 22.1 Å². The van der Waals surface area contributed by atoms with Crippen LogP contribution in [0.1, 0.15) is 126 Å². The second-order valence-electron chi connectivity index (χ2n) is 11.7. The van der Waals surface area contributed by atoms with Crippen LogP contribution in [0.5, 0.6) is 0 Å². The fourth-order valence-corrected chi connectivity index (χ4v) is 7.35. The first-order chi connectivity index (χ1) is 21.5. The summed E-state index contributed by atoms with van der Waals surface area (Å²) < 4.78 is 0. The molecule has 4 heteroatoms. The van der Waals surface area contributed by atoms with E-state index in [2.05, 4.69) is 114 Å². The van der Waals surface area contributed by atoms with E-state index in [0.29, 0.717) is 0 Å². The molecule has 44 heavy (non-hydrogen) atoms. The summed E-state index contributed by atoms with van der Waals surface area (Å²) in [6.45, 7) is 18.0. The van der Waals surface area contributed by atoms with Gasteiger partial charge in [0.1, 0.15) is 0 Å². The second kappa shape index (κ2) is 13.8. The molecule has 0 radical (unpaired) electrons. The lowest BCUT2D eigenvalue weighted by atomic mass is 10.00. The molecular formula is C40H50N4. The van der Waals surface area contributed by atoms with Crippen LogP contribution in [0.2, 0.25) is 0 Å². The number of allylic oxidation sites excluding steroid dienone is 4. The van der Waals surface area contributed by atoms with Gasteiger partial charge in [0.25, 0.3) is 0 Å². The van der Waals surface area contributed by atoms with Crippen LogP contribution in [-0.4, -0.2) is 19.9 Å². The Morgan fingerprint density at radius 1 is 0.341 bits per heavy atom. The van der Waals surface area contributed by atoms with Crippen LogP contribution in [0.3, 0.4) is 0 Å². The number of nitrogens with one attached hydrogen (secondary N) is 2. The van der Waals surface area contributed by atoms with Gasteiger partial charge in [-0.2, -0.15) is 0 Å². The molecule has 0 amide bonds. The quantitative estimate of drug-likeness (QED) is 0.276. The first-order valence-electron chi connectivity index (χ1n) is 17.0. The van der Waals surface area contributed by atoms with E-state index in [1.54, 1.807) is 0 Å². The molecule has 0 fully saturated rings. The van der Waals surface area contributed by atoms with Crippen LogP contribution < -0.4 is 0 Å². The average molecular weight is 587 g/mol. The van der Waals surface area contributed by atoms with Gasteiger partial charge in [-0.1, -0.05) is 55.4 Å². The average Bonchev–Trinajstić information content (AvgIpc) is 3.77. The minimum atomic E-state index is 0.967. The molecule has 3 aromatic rings. The summed E-state index contributed by atoms with van der Waals surface area (Å²) in [5.41, 5.74) is 20.0. The SMILES string of the molecule is CCC1=C(CC)c2ccc3[nH]c(ccc4nc(ccc5[nH]c(ccc1n2)c(CC)c5CC)C(CC)=C4CC)c(CC)c3CC. The van der Waals surface area contributed by atoms with Crippen molar-refractivity contribution in [2.75, 3.05) is 0 Å². The summed E-state index contributed by atoms with van der Waals surface area (Å²) in [6.07, 6.45) is 7.80. The Labute approximate surface area is 264 Å². The third-order valence-electron chi connectivity index (χ3n) is 9.47. The molecule has 0 unspecified atom stereocenters. The van der Waals surface area contributed by atoms with Gasteiger partial charge in [0.2, 0.25) is 0 Å². The van der Waals surface area contributed by atoms with Gasteiger partial charge in [0.15, 0.2) is 0 Å². The van der Waals surface area contributed by atoms with E-state index >= 15 is 0 Å². The van der Waals surface area contributed by atoms with Crippen molar-refractivity contribution >= 4 is 44.4 Å². The Morgan fingerprint density at radius 3 is 0.750 bits per heavy atom. The minimum absolute atomic E-state index is 0.967. The topological polar surface area (TPSA) is 57.4 Å². The molecule has 0 aliphatic carbocycles. The summed E-state index contributed by atoms with van der Waals surface area (Å²) in [5, 5.41) is 0. The number of hydrogen-bond acceptors (Lipinski definition) is 2. The van der Waals surface area contributed by atoms with Gasteiger partial charge in [-0.3, -0.25) is 0 Å². The molecule has 0 atom stereocenters. The Hall–Kier alpha value is -3.92. The Morgan fingerprint density at radius 2 is 0.568 bits per heavy atom. The van der Waals surface area contributed by atoms with Crippen molar-refractivity contribution in [3.63, 3.8) is 0 Å². The standard InChI is InChI=1S/C40H50N4/c1-9-25-26(10-2)34-19-20-36-29(13-5)30(14-6)38(43-36)23-24-40-32(16-8)31(15-7)39(44-40)22-21-37-28(12-4)27(11-3)35(42-37)18-17-33(25)41-34/h17-24,41,44H,9-16H2,1-8H3. The summed E-state index contributed by atoms with van der Waals surface area (Å²) in [7, 11) is 0. The van der Waals surface area contributed by atoms with Gasteiger partial charge in [-0.15, -0.1) is 0 Å². The summed E-state index contributed by atoms with van der Waals surface area (Å²) in [4.78, 5) is 17.9. The van der Waals surface area contributed by atoms with E-state index in [1.807, 2.05) is 0 Å². The van der Waals surface area contributed by atoms with Crippen LogP contribution in [0, 0.1) is 0 Å². The maximum Gasteiger partial charge on any atom is 0.0673 e. The zero-order chi connectivity index (χ0) is 31.4. The minimum Gasteiger partial charge on any atom is -0.355 e. The number of hydrogen-bond donors (Lipinski definition) is 2. The molecule has 5 heterocycles. The van der Waals surface area contributed by atoms with E-state index in [4.69, 9.17) is 9.97 Å². The first-order valence-corrected chi connectivity index (χ1v) is 17.0. The normalized spacial score (nSPS) is 13.1. The van der Waals surface area contributed by atoms with Gasteiger partial charge in [0.05, 0.1) is 22.8 Å². The number of aryl methyl sites for hydroxylation is 4. The predicted molar refractivity (Wildman–Crippen MR) is 191 cm³/mol. The molecule has 2 aliphatic heterocycles. The third-order valence-corrected chi connectivity index (χ3v) is 9.47. The monoisotopic (exact) mass is 586 g/mol. The number of aromatic nitrogens is 4. The van der Waals surface area contributed by atoms with Crippen molar-refractivity contribution in [2.45, 2.75) is 107 Å². The van der Waals surface area contributed by atoms with E-state index < -0.39 is 0 Å². The molecule has 0 spiro atoms. The molecule has 2 aliphatic rings. The smallest absolute Gasteiger partial charge is 0.0673 e. The van der Waals surface area contributed by atoms with Gasteiger partial charge < -0.3 is 9.97 Å². The molecule has 8 bridgehead atoms. The van der Waals surface area contributed by atoms with Gasteiger partial charge in [-0.05, 0) is 144 Å². The number of H-pyrrole nitrogens is 2. The second-order valence-corrected chi connectivity index (χ2v) is 11.7. The molecule has 5 rings (SSSR count). The van der Waals surface area contributed by atoms with Crippen LogP contribution >= 0.6 is 0 Å². The Bertz CT molecular complexity index is 1580. The molecule has 0 aromatic carbocycles. The summed E-state index contributed by atoms with van der Waals surface area (Å²) >= 11 is 0. The van der Waals surface area contributed by atoms with Crippen molar-refractivity contribution in [1.29, 1.82) is 0 Å². The van der Waals surface area contributed by atoms with E-state index in [-0.39, 0.29) is 0 Å². The fraction of sp³-hybridized carbons (Fsp3) is 0.400. The Kier molecular flexibility index (Phi) is 9.88. The predicted octanol–water partition coefficient (Wildman–Crippen LogP) is 11.2. The summed E-state index contributed by atoms with van der Waals surface area (Å²) in [5.74, 6) is 0. The maximum absolute atomic E-state index is 5.20. The highest BCUT2D eigenvalue weighted by molar-refractivity contribution is 5.93. The molecule has 0 saturated carbocycles. The van der Waals surface area contributed by atoms with Crippen molar-refractivity contribution in [1.82, 2.24) is 19.9 Å². The molecule has 0 saturated heterocycles. The van der Waals surface area contributed by atoms with E-state index in [9.17, 15) is 0 Å². The highest BCUT2D eigenvalue weighted by atomic mass is 14.8. The third kappa shape index (κ3) is 5.67. The fourth-order valence-electron chi connectivity index (χ4n) is 7.35. The number of fused-ring (bicyclic) bond motifs is 8. The number of rotatable bonds is 8. The van der Waals surface area contributed by atoms with Crippen LogP contribution in [0.15, 0.2) is 48.5 Å². The van der Waals surface area contributed by atoms with Crippen molar-refractivity contribution in [2.24, 2.45) is 0 Å². The Balaban J connectivity index is 1.92. The number of nitrogens with zero attached hydrogens (tertiary/aromatic N) is 2. The maximum atomic E-state index is 5.20. The van der Waals surface area contributed by atoms with Crippen LogP contribution in [0.4, 0.5) is 0 Å². The zero-order valence-electron chi connectivity index (χ0n) is 28.2. The van der Waals surface area contributed by atoms with Crippen molar-refractivity contribution < 1.29 is 0 Å². The van der Waals surface area contributed by atoms with Crippen LogP contribution in [0.25, 0.3) is 44.4 Å². The highest BCUT2D eigenvalue weighted by Crippen LogP contribution is 2.36. The highest BCUT2D eigenvalue weighted by Gasteiger charge is 2.18. The molecule has 230 valence electrons. The van der Waals surface area contributed by atoms with Gasteiger partial charge >= 0.3 is 0 Å². The lowest BCUT2D eigenvalue weighted by molar-refractivity contribution is 1.07. The molecule has 3 aromatic heterocycles.